The number of alkyl halides is 3. The number of amides is 2. The van der Waals surface area contributed by atoms with E-state index in [2.05, 4.69) is 10.6 Å². The first-order valence-corrected chi connectivity index (χ1v) is 7.68. The summed E-state index contributed by atoms with van der Waals surface area (Å²) in [6.07, 6.45) is -3.46. The fourth-order valence-corrected chi connectivity index (χ4v) is 2.15. The Morgan fingerprint density at radius 3 is 2.50 bits per heavy atom. The molecule has 1 aromatic carbocycles. The van der Waals surface area contributed by atoms with Crippen LogP contribution in [-0.2, 0) is 11.0 Å². The van der Waals surface area contributed by atoms with Gasteiger partial charge in [-0.3, -0.25) is 9.59 Å². The van der Waals surface area contributed by atoms with Crippen LogP contribution < -0.4 is 15.5 Å². The average Bonchev–Trinajstić information content (AvgIpc) is 3.08. The van der Waals surface area contributed by atoms with Crippen molar-refractivity contribution in [1.82, 2.24) is 5.32 Å². The Kier molecular flexibility index (Phi) is 5.91. The van der Waals surface area contributed by atoms with Gasteiger partial charge in [0, 0.05) is 32.7 Å². The van der Waals surface area contributed by atoms with Crippen molar-refractivity contribution in [3.8, 4) is 0 Å². The van der Waals surface area contributed by atoms with Crippen molar-refractivity contribution >= 4 is 23.2 Å². The summed E-state index contributed by atoms with van der Waals surface area (Å²) < 4.78 is 44.6. The summed E-state index contributed by atoms with van der Waals surface area (Å²) in [7, 11) is 3.24. The minimum absolute atomic E-state index is 0.0392. The molecule has 0 saturated heterocycles. The van der Waals surface area contributed by atoms with Crippen LogP contribution in [-0.4, -0.2) is 32.5 Å². The van der Waals surface area contributed by atoms with Crippen molar-refractivity contribution in [2.24, 2.45) is 0 Å². The predicted molar refractivity (Wildman–Crippen MR) is 90.1 cm³/mol. The van der Waals surface area contributed by atoms with Crippen LogP contribution in [0.4, 0.5) is 24.5 Å². The van der Waals surface area contributed by atoms with Crippen molar-refractivity contribution in [3.63, 3.8) is 0 Å². The molecule has 2 amide bonds. The second kappa shape index (κ2) is 7.94. The van der Waals surface area contributed by atoms with Crippen molar-refractivity contribution in [2.45, 2.75) is 12.6 Å². The van der Waals surface area contributed by atoms with E-state index in [1.807, 2.05) is 0 Å². The molecule has 2 aromatic rings. The summed E-state index contributed by atoms with van der Waals surface area (Å²) in [5, 5.41) is 4.69. The van der Waals surface area contributed by atoms with Gasteiger partial charge in [0.15, 0.2) is 5.76 Å². The second-order valence-corrected chi connectivity index (χ2v) is 5.65. The standard InChI is InChI=1S/C17H18F3N3O3/c1-23(2)11-5-6-13(12(10-11)17(18,19)20)22-15(24)7-8-21-16(25)14-4-3-9-26-14/h3-6,9-10H,7-8H2,1-2H3,(H,21,25)(H,22,24). The molecular weight excluding hydrogens is 351 g/mol. The molecule has 0 bridgehead atoms. The maximum Gasteiger partial charge on any atom is 0.418 e. The largest absolute Gasteiger partial charge is 0.459 e. The highest BCUT2D eigenvalue weighted by atomic mass is 19.4. The van der Waals surface area contributed by atoms with Gasteiger partial charge in [0.05, 0.1) is 17.5 Å². The summed E-state index contributed by atoms with van der Waals surface area (Å²) in [5.41, 5.74) is -0.900. The van der Waals surface area contributed by atoms with Gasteiger partial charge < -0.3 is 20.0 Å². The Balaban J connectivity index is 1.98. The fraction of sp³-hybridized carbons (Fsp3) is 0.294. The van der Waals surface area contributed by atoms with Gasteiger partial charge in [0.1, 0.15) is 0 Å². The molecule has 6 nitrogen and oxygen atoms in total. The molecule has 0 fully saturated rings. The molecular formula is C17H18F3N3O3. The number of carbonyl (C=O) groups is 2. The van der Waals surface area contributed by atoms with E-state index in [-0.39, 0.29) is 24.4 Å². The van der Waals surface area contributed by atoms with Crippen molar-refractivity contribution < 1.29 is 27.2 Å². The minimum atomic E-state index is -4.61. The number of furan rings is 1. The van der Waals surface area contributed by atoms with Crippen LogP contribution in [0, 0.1) is 0 Å². The Bertz CT molecular complexity index is 771. The van der Waals surface area contributed by atoms with E-state index >= 15 is 0 Å². The highest BCUT2D eigenvalue weighted by molar-refractivity contribution is 5.94. The van der Waals surface area contributed by atoms with E-state index in [0.717, 1.165) is 6.07 Å². The van der Waals surface area contributed by atoms with Crippen LogP contribution in [0.2, 0.25) is 0 Å². The van der Waals surface area contributed by atoms with E-state index < -0.39 is 23.6 Å². The van der Waals surface area contributed by atoms with Gasteiger partial charge in [-0.05, 0) is 30.3 Å². The van der Waals surface area contributed by atoms with Crippen LogP contribution >= 0.6 is 0 Å². The van der Waals surface area contributed by atoms with Gasteiger partial charge in [-0.2, -0.15) is 13.2 Å². The number of carbonyl (C=O) groups excluding carboxylic acids is 2. The molecule has 0 aliphatic carbocycles. The monoisotopic (exact) mass is 369 g/mol. The molecule has 26 heavy (non-hydrogen) atoms. The van der Waals surface area contributed by atoms with E-state index in [1.165, 1.54) is 35.4 Å². The lowest BCUT2D eigenvalue weighted by Gasteiger charge is -2.18. The van der Waals surface area contributed by atoms with E-state index in [4.69, 9.17) is 4.42 Å². The lowest BCUT2D eigenvalue weighted by atomic mass is 10.1. The number of nitrogens with zero attached hydrogens (tertiary/aromatic N) is 1. The number of anilines is 2. The summed E-state index contributed by atoms with van der Waals surface area (Å²) in [5.74, 6) is -1.06. The Morgan fingerprint density at radius 2 is 1.92 bits per heavy atom. The van der Waals surface area contributed by atoms with Crippen LogP contribution in [0.5, 0.6) is 0 Å². The van der Waals surface area contributed by atoms with E-state index in [1.54, 1.807) is 14.1 Å². The lowest BCUT2D eigenvalue weighted by molar-refractivity contribution is -0.136. The number of benzene rings is 1. The number of hydrogen-bond acceptors (Lipinski definition) is 4. The van der Waals surface area contributed by atoms with Crippen LogP contribution in [0.15, 0.2) is 41.0 Å². The molecule has 140 valence electrons. The van der Waals surface area contributed by atoms with Gasteiger partial charge in [-0.15, -0.1) is 0 Å². The van der Waals surface area contributed by atoms with Crippen molar-refractivity contribution in [1.29, 1.82) is 0 Å². The van der Waals surface area contributed by atoms with Gasteiger partial charge >= 0.3 is 6.18 Å². The van der Waals surface area contributed by atoms with Gasteiger partial charge in [-0.1, -0.05) is 0 Å². The molecule has 0 aliphatic heterocycles. The predicted octanol–water partition coefficient (Wildman–Crippen LogP) is 3.12. The Labute approximate surface area is 148 Å². The third-order valence-corrected chi connectivity index (χ3v) is 3.48. The fourth-order valence-electron chi connectivity index (χ4n) is 2.15. The summed E-state index contributed by atoms with van der Waals surface area (Å²) >= 11 is 0. The quantitative estimate of drug-likeness (QED) is 0.821. The molecule has 0 unspecified atom stereocenters. The number of halogens is 3. The molecule has 2 N–H and O–H groups in total. The molecule has 0 aliphatic rings. The molecule has 1 aromatic heterocycles. The normalized spacial score (nSPS) is 11.1. The molecule has 0 radical (unpaired) electrons. The van der Waals surface area contributed by atoms with Gasteiger partial charge in [0.2, 0.25) is 5.91 Å². The molecule has 2 rings (SSSR count). The number of rotatable bonds is 6. The summed E-state index contributed by atoms with van der Waals surface area (Å²) in [6.45, 7) is -0.0392. The van der Waals surface area contributed by atoms with Crippen molar-refractivity contribution in [3.05, 3.63) is 47.9 Å². The molecule has 0 saturated carbocycles. The average molecular weight is 369 g/mol. The zero-order valence-electron chi connectivity index (χ0n) is 14.2. The first-order chi connectivity index (χ1) is 12.2. The highest BCUT2D eigenvalue weighted by Gasteiger charge is 2.34. The zero-order valence-corrected chi connectivity index (χ0v) is 14.2. The SMILES string of the molecule is CN(C)c1ccc(NC(=O)CCNC(=O)c2ccco2)c(C(F)(F)F)c1. The van der Waals surface area contributed by atoms with Gasteiger partial charge in [0.25, 0.3) is 5.91 Å². The summed E-state index contributed by atoms with van der Waals surface area (Å²) in [4.78, 5) is 25.1. The van der Waals surface area contributed by atoms with Gasteiger partial charge in [-0.25, -0.2) is 0 Å². The third kappa shape index (κ3) is 5.01. The number of hydrogen-bond donors (Lipinski definition) is 2. The first kappa shape index (κ1) is 19.4. The first-order valence-electron chi connectivity index (χ1n) is 7.68. The number of nitrogens with one attached hydrogen (secondary N) is 2. The lowest BCUT2D eigenvalue weighted by Crippen LogP contribution is -2.27. The van der Waals surface area contributed by atoms with Crippen molar-refractivity contribution in [2.75, 3.05) is 30.9 Å². The maximum atomic E-state index is 13.2. The molecule has 0 atom stereocenters. The Morgan fingerprint density at radius 1 is 1.19 bits per heavy atom. The second-order valence-electron chi connectivity index (χ2n) is 5.65. The van der Waals surface area contributed by atoms with E-state index in [0.29, 0.717) is 5.69 Å². The third-order valence-electron chi connectivity index (χ3n) is 3.48. The molecule has 0 spiro atoms. The van der Waals surface area contributed by atoms with Crippen LogP contribution in [0.1, 0.15) is 22.5 Å². The summed E-state index contributed by atoms with van der Waals surface area (Å²) in [6, 6.07) is 6.64. The maximum absolute atomic E-state index is 13.2. The molecule has 1 heterocycles. The smallest absolute Gasteiger partial charge is 0.418 e. The minimum Gasteiger partial charge on any atom is -0.459 e. The van der Waals surface area contributed by atoms with Crippen LogP contribution in [0.25, 0.3) is 0 Å². The van der Waals surface area contributed by atoms with Crippen LogP contribution in [0.3, 0.4) is 0 Å². The highest BCUT2D eigenvalue weighted by Crippen LogP contribution is 2.37. The zero-order chi connectivity index (χ0) is 19.3. The Hall–Kier alpha value is -2.97. The topological polar surface area (TPSA) is 74.6 Å². The molecule has 9 heteroatoms. The van der Waals surface area contributed by atoms with E-state index in [9.17, 15) is 22.8 Å².